The lowest BCUT2D eigenvalue weighted by Gasteiger charge is -2.21. The fraction of sp³-hybridized carbons (Fsp3) is 0.222. The number of fused-ring (bicyclic) bond motifs is 6. The maximum atomic E-state index is 14.9. The van der Waals surface area contributed by atoms with Gasteiger partial charge in [0, 0.05) is 22.9 Å². The van der Waals surface area contributed by atoms with Gasteiger partial charge in [-0.2, -0.15) is 8.78 Å². The molecule has 3 aromatic carbocycles. The van der Waals surface area contributed by atoms with Gasteiger partial charge in [0.15, 0.2) is 5.82 Å². The third-order valence-corrected chi connectivity index (χ3v) is 8.92. The van der Waals surface area contributed by atoms with Gasteiger partial charge in [-0.05, 0) is 54.8 Å². The molecule has 2 atom stereocenters. The number of imidazole rings is 1. The first kappa shape index (κ1) is 23.2. The van der Waals surface area contributed by atoms with E-state index >= 15 is 0 Å². The largest absolute Gasteiger partial charge is 0.434 e. The normalized spacial score (nSPS) is 17.8. The van der Waals surface area contributed by atoms with Gasteiger partial charge in [-0.3, -0.25) is 0 Å². The molecule has 2 aromatic heterocycles. The van der Waals surface area contributed by atoms with Crippen molar-refractivity contribution >= 4 is 23.5 Å². The van der Waals surface area contributed by atoms with Crippen LogP contribution in [0.4, 0.5) is 13.2 Å². The molecule has 4 heterocycles. The van der Waals surface area contributed by atoms with E-state index in [-0.39, 0.29) is 23.1 Å². The van der Waals surface area contributed by atoms with Gasteiger partial charge in [0.05, 0.1) is 23.1 Å². The van der Waals surface area contributed by atoms with Crippen molar-refractivity contribution in [3.05, 3.63) is 78.1 Å². The van der Waals surface area contributed by atoms with Crippen LogP contribution in [-0.4, -0.2) is 44.3 Å². The summed E-state index contributed by atoms with van der Waals surface area (Å²) in [6.45, 7) is 0.0985. The van der Waals surface area contributed by atoms with Gasteiger partial charge in [0.25, 0.3) is 0 Å². The molecule has 0 spiro atoms. The minimum atomic E-state index is -2.98. The van der Waals surface area contributed by atoms with E-state index in [4.69, 9.17) is 9.72 Å². The van der Waals surface area contributed by atoms with Crippen molar-refractivity contribution in [2.45, 2.75) is 25.1 Å². The minimum absolute atomic E-state index is 0.0878. The topological polar surface area (TPSA) is 74.8 Å². The predicted molar refractivity (Wildman–Crippen MR) is 137 cm³/mol. The Morgan fingerprint density at radius 2 is 1.84 bits per heavy atom. The van der Waals surface area contributed by atoms with Gasteiger partial charge in [0.2, 0.25) is 0 Å². The zero-order valence-corrected chi connectivity index (χ0v) is 21.2. The summed E-state index contributed by atoms with van der Waals surface area (Å²) in [5.41, 5.74) is 4.20. The Kier molecular flexibility index (Phi) is 4.92. The van der Waals surface area contributed by atoms with Crippen LogP contribution in [0, 0.1) is 5.82 Å². The molecule has 0 aliphatic carbocycles. The van der Waals surface area contributed by atoms with Gasteiger partial charge >= 0.3 is 6.61 Å². The summed E-state index contributed by atoms with van der Waals surface area (Å²) >= 11 is 0. The molecule has 0 fully saturated rings. The molecular formula is C27H21F3N5O2P. The van der Waals surface area contributed by atoms with Crippen LogP contribution in [-0.2, 0) is 4.57 Å². The Balaban J connectivity index is 1.44. The lowest BCUT2D eigenvalue weighted by Crippen LogP contribution is -2.13. The summed E-state index contributed by atoms with van der Waals surface area (Å²) in [6.07, 6.45) is 2.20. The Morgan fingerprint density at radius 1 is 1.05 bits per heavy atom. The van der Waals surface area contributed by atoms with E-state index in [1.807, 2.05) is 28.8 Å². The summed E-state index contributed by atoms with van der Waals surface area (Å²) in [6, 6.07) is 14.9. The van der Waals surface area contributed by atoms with Crippen LogP contribution in [0.15, 0.2) is 60.9 Å². The minimum Gasteiger partial charge on any atom is -0.434 e. The number of hydrogen-bond acceptors (Lipinski definition) is 5. The summed E-state index contributed by atoms with van der Waals surface area (Å²) < 4.78 is 63.1. The highest BCUT2D eigenvalue weighted by Gasteiger charge is 2.43. The van der Waals surface area contributed by atoms with Crippen molar-refractivity contribution in [2.24, 2.45) is 0 Å². The van der Waals surface area contributed by atoms with E-state index in [0.29, 0.717) is 28.9 Å². The van der Waals surface area contributed by atoms with Crippen LogP contribution in [0.1, 0.15) is 29.9 Å². The third kappa shape index (κ3) is 3.36. The van der Waals surface area contributed by atoms with Crippen molar-refractivity contribution in [1.29, 1.82) is 0 Å². The molecule has 0 saturated carbocycles. The second-order valence-corrected chi connectivity index (χ2v) is 13.2. The molecular weight excluding hydrogens is 514 g/mol. The van der Waals surface area contributed by atoms with Gasteiger partial charge < -0.3 is 18.4 Å². The van der Waals surface area contributed by atoms with E-state index in [0.717, 1.165) is 22.4 Å². The second-order valence-electron chi connectivity index (χ2n) is 9.99. The van der Waals surface area contributed by atoms with Gasteiger partial charge in [0.1, 0.15) is 30.9 Å². The van der Waals surface area contributed by atoms with Crippen LogP contribution < -0.4 is 10.0 Å². The van der Waals surface area contributed by atoms with E-state index in [9.17, 15) is 17.7 Å². The lowest BCUT2D eigenvalue weighted by atomic mass is 9.97. The number of aromatic nitrogens is 5. The molecule has 11 heteroatoms. The Hall–Kier alpha value is -3.91. The number of hydrogen-bond donors (Lipinski definition) is 0. The molecule has 5 aromatic rings. The predicted octanol–water partition coefficient (Wildman–Crippen LogP) is 5.85. The zero-order valence-electron chi connectivity index (χ0n) is 20.3. The fourth-order valence-corrected chi connectivity index (χ4v) is 6.84. The SMILES string of the molecule is CP(C)(=O)c1ccc(-c2ccc3nc4n(c3c2)[C@H]2C[C@@H]4n3cnnc3-c3cccc(OC(F)F)c32)cc1F. The summed E-state index contributed by atoms with van der Waals surface area (Å²) in [4.78, 5) is 4.90. The number of benzene rings is 3. The highest BCUT2D eigenvalue weighted by Crippen LogP contribution is 2.52. The van der Waals surface area contributed by atoms with E-state index < -0.39 is 19.6 Å². The molecule has 2 aliphatic rings. The highest BCUT2D eigenvalue weighted by atomic mass is 31.2. The average molecular weight is 535 g/mol. The van der Waals surface area contributed by atoms with Crippen molar-refractivity contribution < 1.29 is 22.5 Å². The number of nitrogens with zero attached hydrogens (tertiary/aromatic N) is 5. The number of rotatable bonds is 4. The Bertz CT molecular complexity index is 1810. The first-order valence-corrected chi connectivity index (χ1v) is 14.7. The summed E-state index contributed by atoms with van der Waals surface area (Å²) in [7, 11) is -2.76. The second kappa shape index (κ2) is 8.04. The molecule has 192 valence electrons. The smallest absolute Gasteiger partial charge is 0.387 e. The van der Waals surface area contributed by atoms with Crippen LogP contribution in [0.3, 0.4) is 0 Å². The third-order valence-electron chi connectivity index (χ3n) is 7.40. The van der Waals surface area contributed by atoms with Crippen molar-refractivity contribution in [2.75, 3.05) is 13.3 Å². The molecule has 0 unspecified atom stereocenters. The molecule has 0 N–H and O–H groups in total. The van der Waals surface area contributed by atoms with Crippen molar-refractivity contribution in [1.82, 2.24) is 24.3 Å². The number of alkyl halides is 2. The standard InChI is InChI=1S/C27H21F3N5O2P/c1-38(2,36)23-9-7-14(10-17(23)28)15-6-8-18-19(11-15)35-20-12-21(26(35)32-18)34-13-31-33-25(34)16-4-3-5-22(24(16)20)37-27(29)30/h3-11,13,20-21,27H,12H2,1-2H3/t20-,21-/m0/s1. The van der Waals surface area contributed by atoms with Gasteiger partial charge in [-0.1, -0.05) is 24.3 Å². The van der Waals surface area contributed by atoms with Gasteiger partial charge in [-0.25, -0.2) is 9.37 Å². The maximum absolute atomic E-state index is 14.9. The molecule has 7 nitrogen and oxygen atoms in total. The molecule has 0 saturated heterocycles. The van der Waals surface area contributed by atoms with E-state index in [2.05, 4.69) is 14.8 Å². The van der Waals surface area contributed by atoms with E-state index in [1.165, 1.54) is 6.07 Å². The molecule has 2 aliphatic heterocycles. The molecule has 0 amide bonds. The fourth-order valence-electron chi connectivity index (χ4n) is 5.83. The van der Waals surface area contributed by atoms with Crippen LogP contribution in [0.2, 0.25) is 0 Å². The lowest BCUT2D eigenvalue weighted by molar-refractivity contribution is -0.0506. The van der Waals surface area contributed by atoms with Crippen molar-refractivity contribution in [3.63, 3.8) is 0 Å². The summed E-state index contributed by atoms with van der Waals surface area (Å²) in [5.74, 6) is 0.917. The van der Waals surface area contributed by atoms with Crippen LogP contribution >= 0.6 is 7.14 Å². The molecule has 0 radical (unpaired) electrons. The first-order valence-electron chi connectivity index (χ1n) is 12.1. The summed E-state index contributed by atoms with van der Waals surface area (Å²) in [5, 5.41) is 8.60. The quantitative estimate of drug-likeness (QED) is 0.270. The monoisotopic (exact) mass is 535 g/mol. The van der Waals surface area contributed by atoms with Crippen LogP contribution in [0.25, 0.3) is 33.5 Å². The number of ether oxygens (including phenoxy) is 1. The zero-order chi connectivity index (χ0) is 26.3. The Morgan fingerprint density at radius 3 is 2.61 bits per heavy atom. The maximum Gasteiger partial charge on any atom is 0.387 e. The Labute approximate surface area is 215 Å². The molecule has 7 rings (SSSR count). The average Bonchev–Trinajstić information content (AvgIpc) is 3.54. The molecule has 2 bridgehead atoms. The van der Waals surface area contributed by atoms with Gasteiger partial charge in [-0.15, -0.1) is 10.2 Å². The van der Waals surface area contributed by atoms with Crippen LogP contribution in [0.5, 0.6) is 5.75 Å². The molecule has 38 heavy (non-hydrogen) atoms. The number of halogens is 3. The van der Waals surface area contributed by atoms with E-state index in [1.54, 1.807) is 43.9 Å². The first-order chi connectivity index (χ1) is 18.2. The van der Waals surface area contributed by atoms with Crippen molar-refractivity contribution in [3.8, 4) is 28.3 Å². The highest BCUT2D eigenvalue weighted by molar-refractivity contribution is 7.70.